The van der Waals surface area contributed by atoms with Crippen molar-refractivity contribution in [3.8, 4) is 0 Å². The molecule has 2 saturated heterocycles. The van der Waals surface area contributed by atoms with Crippen molar-refractivity contribution in [2.45, 2.75) is 104 Å². The quantitative estimate of drug-likeness (QED) is 0.347. The molecular formula is C27H39NO7S. The Hall–Kier alpha value is -1.94. The number of aromatic nitrogens is 1. The molecular weight excluding hydrogens is 482 g/mol. The number of carbonyl (C=O) groups excluding carboxylic acids is 3. The Bertz CT molecular complexity index is 1000. The first-order valence-corrected chi connectivity index (χ1v) is 13.5. The maximum atomic E-state index is 13.2. The van der Waals surface area contributed by atoms with Crippen molar-refractivity contribution in [3.05, 3.63) is 21.7 Å². The van der Waals surface area contributed by atoms with Crippen molar-refractivity contribution in [1.29, 1.82) is 0 Å². The number of ketones is 1. The monoisotopic (exact) mass is 521 g/mol. The maximum Gasteiger partial charge on any atom is 0.309 e. The van der Waals surface area contributed by atoms with E-state index >= 15 is 0 Å². The van der Waals surface area contributed by atoms with Gasteiger partial charge in [-0.3, -0.25) is 14.4 Å². The SMILES string of the molecule is CC(=Cc1csc(C=O)n1)C1CC2OC2(C)CCCC(C)C(O)C(C)C(=O)C(C)(C)C(O)CC(=O)O1. The number of thiazole rings is 1. The number of hydrogen-bond acceptors (Lipinski definition) is 9. The minimum absolute atomic E-state index is 0.0946. The zero-order valence-corrected chi connectivity index (χ0v) is 22.8. The first kappa shape index (κ1) is 28.6. The third kappa shape index (κ3) is 6.49. The number of aldehydes is 1. The Labute approximate surface area is 217 Å². The van der Waals surface area contributed by atoms with Crippen LogP contribution in [0.4, 0.5) is 0 Å². The van der Waals surface area contributed by atoms with Crippen LogP contribution < -0.4 is 0 Å². The molecule has 0 aromatic carbocycles. The molecule has 2 aliphatic rings. The van der Waals surface area contributed by atoms with Crippen LogP contribution in [0.15, 0.2) is 11.0 Å². The van der Waals surface area contributed by atoms with Crippen molar-refractivity contribution >= 4 is 35.5 Å². The van der Waals surface area contributed by atoms with Crippen LogP contribution in [-0.2, 0) is 19.1 Å². The van der Waals surface area contributed by atoms with Gasteiger partial charge >= 0.3 is 5.97 Å². The molecule has 2 aliphatic heterocycles. The van der Waals surface area contributed by atoms with Crippen LogP contribution in [0.25, 0.3) is 6.08 Å². The molecule has 2 N–H and O–H groups in total. The molecule has 3 heterocycles. The number of cyclic esters (lactones) is 1. The van der Waals surface area contributed by atoms with Gasteiger partial charge in [-0.1, -0.05) is 34.1 Å². The number of carbonyl (C=O) groups is 3. The van der Waals surface area contributed by atoms with E-state index in [-0.39, 0.29) is 29.8 Å². The number of aliphatic hydroxyl groups excluding tert-OH is 2. The minimum atomic E-state index is -1.27. The van der Waals surface area contributed by atoms with E-state index in [2.05, 4.69) is 4.98 Å². The highest BCUT2D eigenvalue weighted by atomic mass is 32.1. The number of epoxide rings is 1. The predicted octanol–water partition coefficient (Wildman–Crippen LogP) is 3.98. The second kappa shape index (κ2) is 11.2. The second-order valence-electron chi connectivity index (χ2n) is 11.2. The molecule has 36 heavy (non-hydrogen) atoms. The summed E-state index contributed by atoms with van der Waals surface area (Å²) in [5, 5.41) is 23.8. The largest absolute Gasteiger partial charge is 0.458 e. The van der Waals surface area contributed by atoms with Crippen LogP contribution in [0.2, 0.25) is 0 Å². The highest BCUT2D eigenvalue weighted by Gasteiger charge is 2.53. The third-order valence-electron chi connectivity index (χ3n) is 7.93. The van der Waals surface area contributed by atoms with Gasteiger partial charge in [-0.05, 0) is 44.3 Å². The molecule has 0 amide bonds. The standard InChI is InChI=1S/C27H39NO7S/c1-15-8-7-9-27(6)21(35-27)11-19(16(2)10-18-14-36-22(13-29)28-18)34-23(31)12-20(30)26(4,5)25(33)17(3)24(15)32/h10,13-15,17,19-21,24,30,32H,7-9,11-12H2,1-6H3. The fourth-order valence-electron chi connectivity index (χ4n) is 5.04. The van der Waals surface area contributed by atoms with Crippen LogP contribution in [0.1, 0.15) is 89.1 Å². The molecule has 0 spiro atoms. The molecule has 0 bridgehead atoms. The zero-order chi connectivity index (χ0) is 26.8. The first-order chi connectivity index (χ1) is 16.8. The fraction of sp³-hybridized carbons (Fsp3) is 0.704. The molecule has 0 radical (unpaired) electrons. The Kier molecular flexibility index (Phi) is 8.91. The molecule has 3 rings (SSSR count). The number of nitrogens with zero attached hydrogens (tertiary/aromatic N) is 1. The minimum Gasteiger partial charge on any atom is -0.458 e. The van der Waals surface area contributed by atoms with Crippen molar-refractivity contribution < 1.29 is 34.1 Å². The molecule has 7 unspecified atom stereocenters. The van der Waals surface area contributed by atoms with Crippen LogP contribution in [-0.4, -0.2) is 63.3 Å². The number of ether oxygens (including phenoxy) is 2. The van der Waals surface area contributed by atoms with Gasteiger partial charge in [0, 0.05) is 17.7 Å². The second-order valence-corrected chi connectivity index (χ2v) is 12.1. The Balaban J connectivity index is 1.86. The van der Waals surface area contributed by atoms with Crippen LogP contribution in [0.3, 0.4) is 0 Å². The van der Waals surface area contributed by atoms with Crippen molar-refractivity contribution in [1.82, 2.24) is 4.98 Å². The lowest BCUT2D eigenvalue weighted by Gasteiger charge is -2.34. The lowest BCUT2D eigenvalue weighted by atomic mass is 9.73. The van der Waals surface area contributed by atoms with Gasteiger partial charge in [0.15, 0.2) is 11.3 Å². The van der Waals surface area contributed by atoms with E-state index in [4.69, 9.17) is 9.47 Å². The molecule has 9 heteroatoms. The topological polar surface area (TPSA) is 126 Å². The normalized spacial score (nSPS) is 36.6. The summed E-state index contributed by atoms with van der Waals surface area (Å²) in [5.41, 5.74) is -0.225. The lowest BCUT2D eigenvalue weighted by molar-refractivity contribution is -0.154. The van der Waals surface area contributed by atoms with Gasteiger partial charge in [0.2, 0.25) is 0 Å². The van der Waals surface area contributed by atoms with Gasteiger partial charge in [0.25, 0.3) is 0 Å². The van der Waals surface area contributed by atoms with Crippen LogP contribution >= 0.6 is 11.3 Å². The molecule has 0 aliphatic carbocycles. The highest BCUT2D eigenvalue weighted by molar-refractivity contribution is 7.11. The number of aliphatic hydroxyl groups is 2. The lowest BCUT2D eigenvalue weighted by Crippen LogP contribution is -2.45. The summed E-state index contributed by atoms with van der Waals surface area (Å²) in [5.74, 6) is -1.68. The molecule has 1 aromatic heterocycles. The summed E-state index contributed by atoms with van der Waals surface area (Å²) in [7, 11) is 0. The van der Waals surface area contributed by atoms with Crippen LogP contribution in [0, 0.1) is 17.3 Å². The third-order valence-corrected chi connectivity index (χ3v) is 8.72. The van der Waals surface area contributed by atoms with Crippen molar-refractivity contribution in [2.75, 3.05) is 0 Å². The van der Waals surface area contributed by atoms with Crippen LogP contribution in [0.5, 0.6) is 0 Å². The molecule has 1 aromatic rings. The van der Waals surface area contributed by atoms with E-state index in [1.165, 1.54) is 11.3 Å². The van der Waals surface area contributed by atoms with Gasteiger partial charge in [0.1, 0.15) is 11.9 Å². The van der Waals surface area contributed by atoms with Gasteiger partial charge in [-0.25, -0.2) is 4.98 Å². The van der Waals surface area contributed by atoms with E-state index in [0.717, 1.165) is 24.8 Å². The Morgan fingerprint density at radius 3 is 2.56 bits per heavy atom. The zero-order valence-electron chi connectivity index (χ0n) is 22.0. The van der Waals surface area contributed by atoms with E-state index in [0.29, 0.717) is 23.4 Å². The van der Waals surface area contributed by atoms with Crippen molar-refractivity contribution in [3.63, 3.8) is 0 Å². The Morgan fingerprint density at radius 1 is 1.22 bits per heavy atom. The summed E-state index contributed by atoms with van der Waals surface area (Å²) in [6, 6.07) is 0. The molecule has 8 nitrogen and oxygen atoms in total. The van der Waals surface area contributed by atoms with E-state index in [1.807, 2.05) is 20.8 Å². The summed E-state index contributed by atoms with van der Waals surface area (Å²) in [4.78, 5) is 41.4. The van der Waals surface area contributed by atoms with E-state index < -0.39 is 35.6 Å². The van der Waals surface area contributed by atoms with E-state index in [9.17, 15) is 24.6 Å². The number of Topliss-reactive ketones (excluding diaryl/α,β-unsaturated/α-hetero) is 1. The average molecular weight is 522 g/mol. The number of hydrogen-bond donors (Lipinski definition) is 2. The molecule has 7 atom stereocenters. The van der Waals surface area contributed by atoms with E-state index in [1.54, 1.807) is 32.2 Å². The van der Waals surface area contributed by atoms with Crippen molar-refractivity contribution in [2.24, 2.45) is 17.3 Å². The summed E-state index contributed by atoms with van der Waals surface area (Å²) in [6.45, 7) is 10.7. The predicted molar refractivity (Wildman–Crippen MR) is 137 cm³/mol. The molecule has 2 fully saturated rings. The Morgan fingerprint density at radius 2 is 1.92 bits per heavy atom. The highest BCUT2D eigenvalue weighted by Crippen LogP contribution is 2.45. The number of esters is 1. The summed E-state index contributed by atoms with van der Waals surface area (Å²) >= 11 is 1.24. The maximum absolute atomic E-state index is 13.2. The van der Waals surface area contributed by atoms with Gasteiger partial charge in [-0.15, -0.1) is 11.3 Å². The average Bonchev–Trinajstić information content (AvgIpc) is 3.23. The fourth-order valence-corrected chi connectivity index (χ4v) is 5.62. The smallest absolute Gasteiger partial charge is 0.309 e. The summed E-state index contributed by atoms with van der Waals surface area (Å²) < 4.78 is 11.9. The number of fused-ring (bicyclic) bond motifs is 1. The van der Waals surface area contributed by atoms with Gasteiger partial charge < -0.3 is 19.7 Å². The molecule has 200 valence electrons. The summed E-state index contributed by atoms with van der Waals surface area (Å²) in [6.07, 6.45) is 2.12. The van der Waals surface area contributed by atoms with Gasteiger partial charge in [-0.2, -0.15) is 0 Å². The molecule has 0 saturated carbocycles. The van der Waals surface area contributed by atoms with Gasteiger partial charge in [0.05, 0.1) is 41.4 Å². The first-order valence-electron chi connectivity index (χ1n) is 12.6. The number of rotatable bonds is 3.